The average Bonchev–Trinajstić information content (AvgIpc) is 3.01. The van der Waals surface area contributed by atoms with Gasteiger partial charge in [0, 0.05) is 49.7 Å². The smallest absolute Gasteiger partial charge is 0.309 e. The lowest BCUT2D eigenvalue weighted by molar-refractivity contribution is -0.153. The van der Waals surface area contributed by atoms with E-state index < -0.39 is 17.5 Å². The van der Waals surface area contributed by atoms with E-state index in [2.05, 4.69) is 19.8 Å². The van der Waals surface area contributed by atoms with E-state index in [1.54, 1.807) is 25.1 Å². The van der Waals surface area contributed by atoms with E-state index in [0.29, 0.717) is 51.2 Å². The molecule has 5 rings (SSSR count). The normalized spacial score (nSPS) is 18.8. The van der Waals surface area contributed by atoms with Gasteiger partial charge in [-0.05, 0) is 80.2 Å². The number of hydrogen-bond donors (Lipinski definition) is 2. The number of nitrogens with zero attached hydrogens (tertiary/aromatic N) is 4. The van der Waals surface area contributed by atoms with Gasteiger partial charge in [-0.1, -0.05) is 6.07 Å². The second kappa shape index (κ2) is 13.9. The predicted molar refractivity (Wildman–Crippen MR) is 159 cm³/mol. The van der Waals surface area contributed by atoms with Crippen LogP contribution in [0.3, 0.4) is 0 Å². The third-order valence-electron chi connectivity index (χ3n) is 8.49. The van der Waals surface area contributed by atoms with E-state index in [0.717, 1.165) is 65.5 Å². The summed E-state index contributed by atoms with van der Waals surface area (Å²) in [5.74, 6) is 0.856. The Labute approximate surface area is 245 Å². The van der Waals surface area contributed by atoms with E-state index in [-0.39, 0.29) is 0 Å². The first-order chi connectivity index (χ1) is 20.0. The fraction of sp³-hybridized carbons (Fsp3) is 0.516. The van der Waals surface area contributed by atoms with Gasteiger partial charge in [-0.2, -0.15) is 0 Å². The van der Waals surface area contributed by atoms with Crippen LogP contribution in [-0.2, 0) is 16.1 Å². The summed E-state index contributed by atoms with van der Waals surface area (Å²) in [4.78, 5) is 26.3. The summed E-state index contributed by atoms with van der Waals surface area (Å²) in [5, 5.41) is 23.9. The number of rotatable bonds is 12. The Kier molecular flexibility index (Phi) is 10.1. The molecule has 3 aromatic rings. The number of aliphatic hydroxyl groups is 1. The molecule has 0 saturated carbocycles. The van der Waals surface area contributed by atoms with Crippen LogP contribution in [0.1, 0.15) is 42.9 Å². The van der Waals surface area contributed by atoms with Crippen molar-refractivity contribution in [3.8, 4) is 5.75 Å². The number of morpholine rings is 1. The predicted octanol–water partition coefficient (Wildman–Crippen LogP) is 4.24. The lowest BCUT2D eigenvalue weighted by Crippen LogP contribution is -2.45. The molecule has 0 aliphatic carbocycles. The zero-order valence-electron chi connectivity index (χ0n) is 23.7. The second-order valence-electron chi connectivity index (χ2n) is 11.0. The summed E-state index contributed by atoms with van der Waals surface area (Å²) in [6, 6.07) is 11.6. The highest BCUT2D eigenvalue weighted by Crippen LogP contribution is 2.40. The Morgan fingerprint density at radius 1 is 1.12 bits per heavy atom. The quantitative estimate of drug-likeness (QED) is 0.302. The number of pyridine rings is 2. The molecule has 2 N–H and O–H groups in total. The Hall–Kier alpha value is -2.76. The standard InChI is InChI=1S/C31H40N4O5S/c1-39-24-5-6-26-25(20-24)29(23(21-33-26)22-35-14-17-40-18-15-35)27(36)7-8-31(30(37)38)9-12-34(13-10-31)16-19-41-28-4-2-3-11-32-28/h2-6,11,20-21,27,36H,7-10,12-19,22H2,1H3,(H,37,38)/t27-/m1/s1. The summed E-state index contributed by atoms with van der Waals surface area (Å²) in [6.45, 7) is 6.06. The molecule has 9 nitrogen and oxygen atoms in total. The van der Waals surface area contributed by atoms with E-state index in [1.165, 1.54) is 0 Å². The molecule has 220 valence electrons. The molecule has 0 amide bonds. The van der Waals surface area contributed by atoms with Gasteiger partial charge in [0.2, 0.25) is 0 Å². The van der Waals surface area contributed by atoms with Crippen molar-refractivity contribution in [3.63, 3.8) is 0 Å². The van der Waals surface area contributed by atoms with E-state index >= 15 is 0 Å². The lowest BCUT2D eigenvalue weighted by Gasteiger charge is -2.39. The SMILES string of the molecule is COc1ccc2ncc(CN3CCOCC3)c([C@H](O)CCC3(C(=O)O)CCN(CCSc4ccccn4)CC3)c2c1. The molecule has 41 heavy (non-hydrogen) atoms. The number of methoxy groups -OCH3 is 1. The van der Waals surface area contributed by atoms with Crippen LogP contribution in [0.2, 0.25) is 0 Å². The van der Waals surface area contributed by atoms with Gasteiger partial charge in [0.05, 0.1) is 42.4 Å². The van der Waals surface area contributed by atoms with Crippen LogP contribution in [0.15, 0.2) is 53.8 Å². The highest BCUT2D eigenvalue weighted by molar-refractivity contribution is 7.99. The van der Waals surface area contributed by atoms with Gasteiger partial charge in [0.25, 0.3) is 0 Å². The molecule has 0 bridgehead atoms. The van der Waals surface area contributed by atoms with Crippen molar-refractivity contribution in [1.82, 2.24) is 19.8 Å². The third-order valence-corrected chi connectivity index (χ3v) is 9.41. The van der Waals surface area contributed by atoms with Crippen LogP contribution in [0.5, 0.6) is 5.75 Å². The number of aromatic nitrogens is 2. The number of carboxylic acids is 1. The van der Waals surface area contributed by atoms with Crippen molar-refractivity contribution >= 4 is 28.6 Å². The third kappa shape index (κ3) is 7.37. The van der Waals surface area contributed by atoms with Crippen LogP contribution in [0, 0.1) is 5.41 Å². The van der Waals surface area contributed by atoms with Crippen molar-refractivity contribution in [2.24, 2.45) is 5.41 Å². The Morgan fingerprint density at radius 3 is 2.63 bits per heavy atom. The summed E-state index contributed by atoms with van der Waals surface area (Å²) in [7, 11) is 1.63. The highest BCUT2D eigenvalue weighted by Gasteiger charge is 2.41. The topological polar surface area (TPSA) is 108 Å². The number of aliphatic carboxylic acids is 1. The summed E-state index contributed by atoms with van der Waals surface area (Å²) in [5.41, 5.74) is 1.74. The number of carbonyl (C=O) groups is 1. The van der Waals surface area contributed by atoms with Crippen molar-refractivity contribution in [3.05, 3.63) is 59.9 Å². The van der Waals surface area contributed by atoms with Gasteiger partial charge in [-0.3, -0.25) is 14.7 Å². The number of thioether (sulfide) groups is 1. The molecule has 1 aromatic carbocycles. The summed E-state index contributed by atoms with van der Waals surface area (Å²) >= 11 is 1.72. The number of piperidine rings is 1. The van der Waals surface area contributed by atoms with Gasteiger partial charge < -0.3 is 24.6 Å². The monoisotopic (exact) mass is 580 g/mol. The Bertz CT molecular complexity index is 1300. The van der Waals surface area contributed by atoms with Gasteiger partial charge in [-0.25, -0.2) is 4.98 Å². The van der Waals surface area contributed by atoms with Crippen molar-refractivity contribution in [1.29, 1.82) is 0 Å². The minimum absolute atomic E-state index is 0.369. The number of aliphatic hydroxyl groups excluding tert-OH is 1. The van der Waals surface area contributed by atoms with E-state index in [1.807, 2.05) is 42.6 Å². The number of ether oxygens (including phenoxy) is 2. The molecule has 2 aliphatic rings. The Morgan fingerprint density at radius 2 is 1.93 bits per heavy atom. The fourth-order valence-electron chi connectivity index (χ4n) is 5.92. The van der Waals surface area contributed by atoms with E-state index in [4.69, 9.17) is 9.47 Å². The molecule has 1 atom stereocenters. The summed E-state index contributed by atoms with van der Waals surface area (Å²) in [6.07, 6.45) is 4.79. The van der Waals surface area contributed by atoms with Gasteiger partial charge >= 0.3 is 5.97 Å². The highest BCUT2D eigenvalue weighted by atomic mass is 32.2. The van der Waals surface area contributed by atoms with Crippen LogP contribution in [-0.4, -0.2) is 94.8 Å². The molecule has 10 heteroatoms. The van der Waals surface area contributed by atoms with Gasteiger partial charge in [0.15, 0.2) is 0 Å². The minimum atomic E-state index is -0.837. The lowest BCUT2D eigenvalue weighted by atomic mass is 9.74. The van der Waals surface area contributed by atoms with Crippen LogP contribution in [0.25, 0.3) is 10.9 Å². The van der Waals surface area contributed by atoms with Crippen LogP contribution in [0.4, 0.5) is 0 Å². The molecule has 0 unspecified atom stereocenters. The fourth-order valence-corrected chi connectivity index (χ4v) is 6.79. The molecular weight excluding hydrogens is 540 g/mol. The summed E-state index contributed by atoms with van der Waals surface area (Å²) < 4.78 is 11.0. The van der Waals surface area contributed by atoms with E-state index in [9.17, 15) is 15.0 Å². The zero-order valence-corrected chi connectivity index (χ0v) is 24.5. The number of carboxylic acid groups (broad SMARTS) is 1. The molecule has 2 aromatic heterocycles. The maximum absolute atomic E-state index is 12.6. The van der Waals surface area contributed by atoms with Crippen molar-refractivity contribution in [2.75, 3.05) is 58.8 Å². The molecule has 4 heterocycles. The minimum Gasteiger partial charge on any atom is -0.497 e. The molecule has 2 fully saturated rings. The molecule has 0 radical (unpaired) electrons. The van der Waals surface area contributed by atoms with Gasteiger partial charge in [0.1, 0.15) is 5.75 Å². The van der Waals surface area contributed by atoms with Crippen LogP contribution >= 0.6 is 11.8 Å². The van der Waals surface area contributed by atoms with Crippen molar-refractivity contribution in [2.45, 2.75) is 43.4 Å². The van der Waals surface area contributed by atoms with Crippen molar-refractivity contribution < 1.29 is 24.5 Å². The number of hydrogen-bond acceptors (Lipinski definition) is 9. The molecule has 0 spiro atoms. The second-order valence-corrected chi connectivity index (χ2v) is 12.1. The maximum Gasteiger partial charge on any atom is 0.309 e. The molecule has 2 aliphatic heterocycles. The Balaban J connectivity index is 1.27. The average molecular weight is 581 g/mol. The number of benzene rings is 1. The first kappa shape index (κ1) is 29.7. The maximum atomic E-state index is 12.6. The van der Waals surface area contributed by atoms with Gasteiger partial charge in [-0.15, -0.1) is 11.8 Å². The number of fused-ring (bicyclic) bond motifs is 1. The molecule has 2 saturated heterocycles. The molecular formula is C31H40N4O5S. The van der Waals surface area contributed by atoms with Crippen LogP contribution < -0.4 is 4.74 Å². The first-order valence-electron chi connectivity index (χ1n) is 14.4. The first-order valence-corrected chi connectivity index (χ1v) is 15.4. The zero-order chi connectivity index (χ0) is 28.7. The number of likely N-dealkylation sites (tertiary alicyclic amines) is 1. The largest absolute Gasteiger partial charge is 0.497 e.